The van der Waals surface area contributed by atoms with E-state index in [1.54, 1.807) is 11.3 Å². The van der Waals surface area contributed by atoms with E-state index in [9.17, 15) is 9.90 Å². The molecule has 104 valence electrons. The van der Waals surface area contributed by atoms with Gasteiger partial charge in [-0.15, -0.1) is 11.3 Å². The molecule has 1 N–H and O–H groups in total. The summed E-state index contributed by atoms with van der Waals surface area (Å²) in [6.45, 7) is 5.13. The molecule has 2 bridgehead atoms. The average Bonchev–Trinajstić information content (AvgIpc) is 3.05. The van der Waals surface area contributed by atoms with Gasteiger partial charge < -0.3 is 5.11 Å². The molecule has 3 rings (SSSR count). The predicted molar refractivity (Wildman–Crippen MR) is 74.3 cm³/mol. The standard InChI is InChI=1S/C14H20N2O2S/c1-8(2)13-15-9(7-19-13)6-16-10-3-4-12(16)11(5-10)14(17)18/h7-8,10-12H,3-6H2,1-2H3,(H,17,18). The topological polar surface area (TPSA) is 53.4 Å². The molecule has 0 radical (unpaired) electrons. The number of fused-ring (bicyclic) bond motifs is 2. The van der Waals surface area contributed by atoms with Crippen LogP contribution < -0.4 is 0 Å². The minimum Gasteiger partial charge on any atom is -0.481 e. The quantitative estimate of drug-likeness (QED) is 0.921. The Kier molecular flexibility index (Phi) is 3.35. The lowest BCUT2D eigenvalue weighted by Gasteiger charge is -2.21. The predicted octanol–water partition coefficient (Wildman–Crippen LogP) is 2.70. The molecular weight excluding hydrogens is 260 g/mol. The van der Waals surface area contributed by atoms with E-state index in [-0.39, 0.29) is 12.0 Å². The molecule has 0 amide bonds. The second-order valence-electron chi connectivity index (χ2n) is 5.98. The van der Waals surface area contributed by atoms with Crippen molar-refractivity contribution in [3.05, 3.63) is 16.1 Å². The van der Waals surface area contributed by atoms with Crippen molar-refractivity contribution in [3.63, 3.8) is 0 Å². The van der Waals surface area contributed by atoms with E-state index < -0.39 is 5.97 Å². The number of carbonyl (C=O) groups is 1. The summed E-state index contributed by atoms with van der Waals surface area (Å²) >= 11 is 1.72. The fourth-order valence-corrected chi connectivity index (χ4v) is 4.29. The van der Waals surface area contributed by atoms with E-state index in [0.29, 0.717) is 12.0 Å². The molecule has 2 fully saturated rings. The SMILES string of the molecule is CC(C)c1nc(CN2C3CCC2C(C(=O)O)C3)cs1. The molecule has 0 aliphatic carbocycles. The maximum Gasteiger partial charge on any atom is 0.308 e. The molecule has 0 saturated carbocycles. The summed E-state index contributed by atoms with van der Waals surface area (Å²) in [5.74, 6) is -0.318. The number of aliphatic carboxylic acids is 1. The van der Waals surface area contributed by atoms with Crippen LogP contribution in [0.3, 0.4) is 0 Å². The number of hydrogen-bond acceptors (Lipinski definition) is 4. The third-order valence-corrected chi connectivity index (χ3v) is 5.60. The summed E-state index contributed by atoms with van der Waals surface area (Å²) in [5.41, 5.74) is 1.11. The molecule has 2 aliphatic heterocycles. The van der Waals surface area contributed by atoms with Crippen molar-refractivity contribution in [2.24, 2.45) is 5.92 Å². The Bertz CT molecular complexity index is 486. The minimum absolute atomic E-state index is 0.165. The van der Waals surface area contributed by atoms with E-state index in [1.807, 2.05) is 0 Å². The molecule has 1 aromatic rings. The Morgan fingerprint density at radius 2 is 2.37 bits per heavy atom. The fourth-order valence-electron chi connectivity index (χ4n) is 3.46. The Morgan fingerprint density at radius 1 is 1.58 bits per heavy atom. The lowest BCUT2D eigenvalue weighted by Crippen LogP contribution is -2.32. The summed E-state index contributed by atoms with van der Waals surface area (Å²) in [6.07, 6.45) is 3.00. The zero-order valence-electron chi connectivity index (χ0n) is 11.4. The maximum absolute atomic E-state index is 11.2. The fraction of sp³-hybridized carbons (Fsp3) is 0.714. The first kappa shape index (κ1) is 13.1. The minimum atomic E-state index is -0.627. The number of thiazole rings is 1. The third-order valence-electron chi connectivity index (χ3n) is 4.41. The van der Waals surface area contributed by atoms with Crippen molar-refractivity contribution in [2.45, 2.75) is 57.7 Å². The molecule has 0 aromatic carbocycles. The van der Waals surface area contributed by atoms with Crippen molar-refractivity contribution < 1.29 is 9.90 Å². The van der Waals surface area contributed by atoms with E-state index in [1.165, 1.54) is 5.01 Å². The Morgan fingerprint density at radius 3 is 2.95 bits per heavy atom. The van der Waals surface area contributed by atoms with Gasteiger partial charge in [0.15, 0.2) is 0 Å². The molecule has 2 saturated heterocycles. The molecular formula is C14H20N2O2S. The van der Waals surface area contributed by atoms with E-state index >= 15 is 0 Å². The second kappa shape index (κ2) is 4.87. The van der Waals surface area contributed by atoms with Gasteiger partial charge >= 0.3 is 5.97 Å². The molecule has 4 nitrogen and oxygen atoms in total. The number of carboxylic acid groups (broad SMARTS) is 1. The third kappa shape index (κ3) is 2.30. The Balaban J connectivity index is 1.72. The highest BCUT2D eigenvalue weighted by Crippen LogP contribution is 2.42. The molecule has 3 heterocycles. The Hall–Kier alpha value is -0.940. The van der Waals surface area contributed by atoms with Gasteiger partial charge in [-0.05, 0) is 19.3 Å². The lowest BCUT2D eigenvalue weighted by atomic mass is 9.89. The van der Waals surface area contributed by atoms with Crippen LogP contribution in [0.5, 0.6) is 0 Å². The summed E-state index contributed by atoms with van der Waals surface area (Å²) in [5, 5.41) is 12.6. The van der Waals surface area contributed by atoms with Gasteiger partial charge in [0.05, 0.1) is 16.6 Å². The largest absolute Gasteiger partial charge is 0.481 e. The van der Waals surface area contributed by atoms with Gasteiger partial charge in [-0.1, -0.05) is 13.8 Å². The van der Waals surface area contributed by atoms with Crippen LogP contribution in [-0.2, 0) is 11.3 Å². The first-order chi connectivity index (χ1) is 9.06. The molecule has 19 heavy (non-hydrogen) atoms. The van der Waals surface area contributed by atoms with Crippen LogP contribution in [0.1, 0.15) is 49.7 Å². The van der Waals surface area contributed by atoms with Crippen LogP contribution in [-0.4, -0.2) is 33.0 Å². The van der Waals surface area contributed by atoms with E-state index in [2.05, 4.69) is 29.1 Å². The monoisotopic (exact) mass is 280 g/mol. The van der Waals surface area contributed by atoms with Crippen LogP contribution >= 0.6 is 11.3 Å². The van der Waals surface area contributed by atoms with Gasteiger partial charge in [0, 0.05) is 29.9 Å². The van der Waals surface area contributed by atoms with E-state index in [4.69, 9.17) is 0 Å². The highest BCUT2D eigenvalue weighted by molar-refractivity contribution is 7.09. The van der Waals surface area contributed by atoms with Gasteiger partial charge in [0.25, 0.3) is 0 Å². The summed E-state index contributed by atoms with van der Waals surface area (Å²) in [6, 6.07) is 0.682. The summed E-state index contributed by atoms with van der Waals surface area (Å²) < 4.78 is 0. The number of rotatable bonds is 4. The highest BCUT2D eigenvalue weighted by atomic mass is 32.1. The first-order valence-corrected chi connectivity index (χ1v) is 7.87. The zero-order valence-corrected chi connectivity index (χ0v) is 12.2. The highest BCUT2D eigenvalue weighted by Gasteiger charge is 2.49. The molecule has 1 aromatic heterocycles. The normalized spacial score (nSPS) is 30.4. The van der Waals surface area contributed by atoms with Crippen molar-refractivity contribution in [1.29, 1.82) is 0 Å². The number of carboxylic acids is 1. The second-order valence-corrected chi connectivity index (χ2v) is 6.87. The van der Waals surface area contributed by atoms with Crippen LogP contribution in [0, 0.1) is 5.92 Å². The number of aromatic nitrogens is 1. The van der Waals surface area contributed by atoms with Gasteiger partial charge in [0.2, 0.25) is 0 Å². The average molecular weight is 280 g/mol. The molecule has 3 unspecified atom stereocenters. The van der Waals surface area contributed by atoms with Crippen LogP contribution in [0.25, 0.3) is 0 Å². The maximum atomic E-state index is 11.2. The molecule has 5 heteroatoms. The van der Waals surface area contributed by atoms with Crippen LogP contribution in [0.4, 0.5) is 0 Å². The van der Waals surface area contributed by atoms with Gasteiger partial charge in [-0.2, -0.15) is 0 Å². The lowest BCUT2D eigenvalue weighted by molar-refractivity contribution is -0.142. The number of hydrogen-bond donors (Lipinski definition) is 1. The van der Waals surface area contributed by atoms with Gasteiger partial charge in [-0.25, -0.2) is 4.98 Å². The van der Waals surface area contributed by atoms with Crippen molar-refractivity contribution in [3.8, 4) is 0 Å². The Labute approximate surface area is 117 Å². The number of nitrogens with zero attached hydrogens (tertiary/aromatic N) is 2. The summed E-state index contributed by atoms with van der Waals surface area (Å²) in [4.78, 5) is 18.3. The van der Waals surface area contributed by atoms with E-state index in [0.717, 1.165) is 31.5 Å². The molecule has 2 aliphatic rings. The van der Waals surface area contributed by atoms with Crippen LogP contribution in [0.15, 0.2) is 5.38 Å². The molecule has 3 atom stereocenters. The summed E-state index contributed by atoms with van der Waals surface area (Å²) in [7, 11) is 0. The smallest absolute Gasteiger partial charge is 0.308 e. The van der Waals surface area contributed by atoms with Crippen molar-refractivity contribution in [1.82, 2.24) is 9.88 Å². The first-order valence-electron chi connectivity index (χ1n) is 6.99. The van der Waals surface area contributed by atoms with Gasteiger partial charge in [-0.3, -0.25) is 9.69 Å². The van der Waals surface area contributed by atoms with Crippen molar-refractivity contribution in [2.75, 3.05) is 0 Å². The zero-order chi connectivity index (χ0) is 13.6. The van der Waals surface area contributed by atoms with Gasteiger partial charge in [0.1, 0.15) is 0 Å². The van der Waals surface area contributed by atoms with Crippen molar-refractivity contribution >= 4 is 17.3 Å². The molecule has 0 spiro atoms. The van der Waals surface area contributed by atoms with Crippen LogP contribution in [0.2, 0.25) is 0 Å².